The topological polar surface area (TPSA) is 92.9 Å². The molecule has 2 heterocycles. The van der Waals surface area contributed by atoms with Gasteiger partial charge < -0.3 is 14.4 Å². The molecule has 1 N–H and O–H groups in total. The van der Waals surface area contributed by atoms with Gasteiger partial charge in [-0.05, 0) is 55.3 Å². The van der Waals surface area contributed by atoms with Crippen LogP contribution in [0.4, 0.5) is 5.82 Å². The first-order valence-corrected chi connectivity index (χ1v) is 10.5. The van der Waals surface area contributed by atoms with Crippen LogP contribution in [-0.4, -0.2) is 28.6 Å². The van der Waals surface area contributed by atoms with E-state index in [0.717, 1.165) is 6.42 Å². The maximum Gasteiger partial charge on any atom is 0.301 e. The second-order valence-corrected chi connectivity index (χ2v) is 7.83. The molecule has 1 atom stereocenters. The summed E-state index contributed by atoms with van der Waals surface area (Å²) in [6, 6.07) is 14.1. The number of rotatable bonds is 6. The third kappa shape index (κ3) is 3.99. The Morgan fingerprint density at radius 2 is 1.94 bits per heavy atom. The highest BCUT2D eigenvalue weighted by Gasteiger charge is 2.48. The van der Waals surface area contributed by atoms with Crippen LogP contribution in [0.2, 0.25) is 5.02 Å². The Labute approximate surface area is 189 Å². The van der Waals surface area contributed by atoms with Crippen molar-refractivity contribution in [1.29, 1.82) is 0 Å². The van der Waals surface area contributed by atoms with E-state index in [1.165, 1.54) is 4.90 Å². The van der Waals surface area contributed by atoms with Crippen molar-refractivity contribution >= 4 is 34.9 Å². The highest BCUT2D eigenvalue weighted by atomic mass is 35.5. The predicted octanol–water partition coefficient (Wildman–Crippen LogP) is 5.05. The molecular formula is C24H21ClN2O5. The summed E-state index contributed by atoms with van der Waals surface area (Å²) < 4.78 is 10.9. The second-order valence-electron chi connectivity index (χ2n) is 7.39. The molecule has 0 unspecified atom stereocenters. The molecule has 0 saturated carbocycles. The number of anilines is 1. The average molecular weight is 453 g/mol. The van der Waals surface area contributed by atoms with Crippen molar-refractivity contribution in [2.24, 2.45) is 0 Å². The number of halogens is 1. The molecule has 0 aliphatic carbocycles. The first-order chi connectivity index (χ1) is 15.4. The molecule has 1 aromatic heterocycles. The van der Waals surface area contributed by atoms with Crippen molar-refractivity contribution < 1.29 is 24.0 Å². The van der Waals surface area contributed by atoms with Gasteiger partial charge in [-0.2, -0.15) is 0 Å². The number of nitrogens with zero attached hydrogens (tertiary/aromatic N) is 2. The van der Waals surface area contributed by atoms with Crippen LogP contribution in [0.3, 0.4) is 0 Å². The molecule has 0 radical (unpaired) electrons. The van der Waals surface area contributed by atoms with Gasteiger partial charge in [0.05, 0.1) is 18.2 Å². The minimum Gasteiger partial charge on any atom is -0.507 e. The normalized spacial score (nSPS) is 17.7. The van der Waals surface area contributed by atoms with Crippen molar-refractivity contribution in [3.63, 3.8) is 0 Å². The first kappa shape index (κ1) is 21.6. The molecule has 3 aromatic rings. The molecule has 1 aliphatic heterocycles. The summed E-state index contributed by atoms with van der Waals surface area (Å²) in [5, 5.41) is 15.5. The van der Waals surface area contributed by atoms with Crippen LogP contribution in [0.1, 0.15) is 36.3 Å². The third-order valence-corrected chi connectivity index (χ3v) is 5.32. The zero-order valence-electron chi connectivity index (χ0n) is 17.5. The number of aryl methyl sites for hydroxylation is 1. The van der Waals surface area contributed by atoms with Crippen molar-refractivity contribution in [3.05, 3.63) is 82.1 Å². The van der Waals surface area contributed by atoms with Crippen molar-refractivity contribution in [2.75, 3.05) is 11.5 Å². The summed E-state index contributed by atoms with van der Waals surface area (Å²) in [6.07, 6.45) is 0.831. The Balaban J connectivity index is 1.90. The van der Waals surface area contributed by atoms with Gasteiger partial charge in [-0.3, -0.25) is 14.5 Å². The lowest BCUT2D eigenvalue weighted by atomic mass is 9.95. The highest BCUT2D eigenvalue weighted by Crippen LogP contribution is 2.42. The van der Waals surface area contributed by atoms with Crippen molar-refractivity contribution in [3.8, 4) is 5.75 Å². The van der Waals surface area contributed by atoms with Gasteiger partial charge in [0.15, 0.2) is 5.82 Å². The molecule has 1 amide bonds. The lowest BCUT2D eigenvalue weighted by molar-refractivity contribution is -0.132. The lowest BCUT2D eigenvalue weighted by Crippen LogP contribution is -2.29. The van der Waals surface area contributed by atoms with Gasteiger partial charge in [-0.15, -0.1) is 0 Å². The van der Waals surface area contributed by atoms with E-state index < -0.39 is 17.7 Å². The van der Waals surface area contributed by atoms with Crippen LogP contribution >= 0.6 is 11.6 Å². The summed E-state index contributed by atoms with van der Waals surface area (Å²) in [4.78, 5) is 27.4. The van der Waals surface area contributed by atoms with E-state index in [1.807, 2.05) is 6.92 Å². The number of aromatic nitrogens is 1. The fraction of sp³-hybridized carbons (Fsp3) is 0.208. The predicted molar refractivity (Wildman–Crippen MR) is 120 cm³/mol. The van der Waals surface area contributed by atoms with Gasteiger partial charge in [0.2, 0.25) is 0 Å². The Hall–Kier alpha value is -3.58. The molecule has 0 bridgehead atoms. The second kappa shape index (κ2) is 8.88. The Kier molecular flexibility index (Phi) is 6.01. The third-order valence-electron chi connectivity index (χ3n) is 5.07. The van der Waals surface area contributed by atoms with Crippen LogP contribution in [0, 0.1) is 6.92 Å². The van der Waals surface area contributed by atoms with Crippen molar-refractivity contribution in [2.45, 2.75) is 26.3 Å². The lowest BCUT2D eigenvalue weighted by Gasteiger charge is -2.23. The van der Waals surface area contributed by atoms with E-state index in [9.17, 15) is 14.7 Å². The van der Waals surface area contributed by atoms with Crippen LogP contribution in [-0.2, 0) is 9.59 Å². The van der Waals surface area contributed by atoms with E-state index >= 15 is 0 Å². The minimum atomic E-state index is -0.916. The fourth-order valence-electron chi connectivity index (χ4n) is 3.61. The number of carbonyl (C=O) groups excluding carboxylic acids is 2. The number of aliphatic hydroxyl groups is 1. The molecule has 1 fully saturated rings. The first-order valence-electron chi connectivity index (χ1n) is 10.1. The largest absolute Gasteiger partial charge is 0.507 e. The average Bonchev–Trinajstić information content (AvgIpc) is 3.33. The molecule has 164 valence electrons. The number of amides is 1. The number of carbonyl (C=O) groups is 2. The Morgan fingerprint density at radius 3 is 2.59 bits per heavy atom. The molecule has 8 heteroatoms. The van der Waals surface area contributed by atoms with E-state index in [0.29, 0.717) is 34.3 Å². The van der Waals surface area contributed by atoms with Gasteiger partial charge in [0, 0.05) is 16.7 Å². The fourth-order valence-corrected chi connectivity index (χ4v) is 3.73. The van der Waals surface area contributed by atoms with Gasteiger partial charge in [-0.25, -0.2) is 0 Å². The van der Waals surface area contributed by atoms with E-state index in [4.69, 9.17) is 20.9 Å². The highest BCUT2D eigenvalue weighted by molar-refractivity contribution is 6.51. The SMILES string of the molecule is CCCOc1cccc([C@H]2C(=C(O)c3ccc(Cl)cc3)C(=O)C(=O)N2c2cc(C)on2)c1. The van der Waals surface area contributed by atoms with E-state index in [-0.39, 0.29) is 17.2 Å². The van der Waals surface area contributed by atoms with Crippen LogP contribution < -0.4 is 9.64 Å². The monoisotopic (exact) mass is 452 g/mol. The summed E-state index contributed by atoms with van der Waals surface area (Å²) in [6.45, 7) is 4.21. The molecule has 4 rings (SSSR count). The Bertz CT molecular complexity index is 1200. The van der Waals surface area contributed by atoms with Gasteiger partial charge in [0.1, 0.15) is 17.3 Å². The molecular weight excluding hydrogens is 432 g/mol. The van der Waals surface area contributed by atoms with Gasteiger partial charge >= 0.3 is 5.91 Å². The summed E-state index contributed by atoms with van der Waals surface area (Å²) in [5.74, 6) is -0.657. The molecule has 2 aromatic carbocycles. The van der Waals surface area contributed by atoms with Crippen molar-refractivity contribution in [1.82, 2.24) is 5.16 Å². The number of benzene rings is 2. The standard InChI is InChI=1S/C24H21ClN2O5/c1-3-11-31-18-6-4-5-16(13-18)21-20(22(28)15-7-9-17(25)10-8-15)23(29)24(30)27(21)19-12-14(2)32-26-19/h4-10,12-13,21,28H,3,11H2,1-2H3/t21-/m0/s1. The quantitative estimate of drug-likeness (QED) is 0.319. The van der Waals surface area contributed by atoms with Crippen LogP contribution in [0.5, 0.6) is 5.75 Å². The van der Waals surface area contributed by atoms with E-state index in [1.54, 1.807) is 61.5 Å². The van der Waals surface area contributed by atoms with Gasteiger partial charge in [0.25, 0.3) is 5.78 Å². The Morgan fingerprint density at radius 1 is 1.19 bits per heavy atom. The molecule has 1 aliphatic rings. The van der Waals surface area contributed by atoms with Gasteiger partial charge in [-0.1, -0.05) is 35.8 Å². The molecule has 32 heavy (non-hydrogen) atoms. The molecule has 1 saturated heterocycles. The summed E-state index contributed by atoms with van der Waals surface area (Å²) >= 11 is 5.96. The summed E-state index contributed by atoms with van der Waals surface area (Å²) in [7, 11) is 0. The van der Waals surface area contributed by atoms with Crippen LogP contribution in [0.25, 0.3) is 5.76 Å². The van der Waals surface area contributed by atoms with Crippen LogP contribution in [0.15, 0.2) is 64.7 Å². The number of hydrogen-bond donors (Lipinski definition) is 1. The number of hydrogen-bond acceptors (Lipinski definition) is 6. The minimum absolute atomic E-state index is 0.0504. The maximum atomic E-state index is 13.1. The maximum absolute atomic E-state index is 13.1. The number of aliphatic hydroxyl groups excluding tert-OH is 1. The number of Topliss-reactive ketones (excluding diaryl/α,β-unsaturated/α-hetero) is 1. The zero-order valence-corrected chi connectivity index (χ0v) is 18.3. The summed E-state index contributed by atoms with van der Waals surface area (Å²) in [5.41, 5.74) is 0.909. The molecule has 0 spiro atoms. The number of ketones is 1. The van der Waals surface area contributed by atoms with E-state index in [2.05, 4.69) is 5.16 Å². The number of ether oxygens (including phenoxy) is 1. The zero-order chi connectivity index (χ0) is 22.8. The smallest absolute Gasteiger partial charge is 0.301 e. The molecule has 7 nitrogen and oxygen atoms in total.